The molecule has 0 aromatic heterocycles. The Bertz CT molecular complexity index is 266. The minimum absolute atomic E-state index is 0.464. The van der Waals surface area contributed by atoms with Gasteiger partial charge >= 0.3 is 0 Å². The fourth-order valence-corrected chi connectivity index (χ4v) is 3.47. The smallest absolute Gasteiger partial charge is 0.110 e. The first-order chi connectivity index (χ1) is 8.32. The third kappa shape index (κ3) is 2.67. The zero-order chi connectivity index (χ0) is 12.1. The minimum atomic E-state index is 0.464. The van der Waals surface area contributed by atoms with E-state index in [0.717, 1.165) is 19.6 Å². The molecule has 2 heteroatoms. The summed E-state index contributed by atoms with van der Waals surface area (Å²) in [6.07, 6.45) is 11.4. The van der Waals surface area contributed by atoms with Gasteiger partial charge in [-0.3, -0.25) is 0 Å². The molecule has 17 heavy (non-hydrogen) atoms. The average molecular weight is 237 g/mol. The average Bonchev–Trinajstić information content (AvgIpc) is 3.01. The maximum atomic E-state index is 5.85. The number of ether oxygens (including phenoxy) is 1. The normalized spacial score (nSPS) is 24.5. The van der Waals surface area contributed by atoms with Gasteiger partial charge in [-0.2, -0.15) is 0 Å². The maximum Gasteiger partial charge on any atom is 0.110 e. The molecule has 98 valence electrons. The molecule has 1 heterocycles. The lowest BCUT2D eigenvalue weighted by atomic mass is 9.75. The molecule has 1 unspecified atom stereocenters. The van der Waals surface area contributed by atoms with Crippen LogP contribution in [0.1, 0.15) is 58.8 Å². The van der Waals surface area contributed by atoms with Crippen LogP contribution in [0.25, 0.3) is 0 Å². The van der Waals surface area contributed by atoms with Gasteiger partial charge in [-0.05, 0) is 43.7 Å². The number of hydrogen-bond donors (Lipinski definition) is 1. The highest BCUT2D eigenvalue weighted by molar-refractivity contribution is 5.14. The summed E-state index contributed by atoms with van der Waals surface area (Å²) in [6, 6.07) is 0.470. The van der Waals surface area contributed by atoms with Crippen molar-refractivity contribution in [3.8, 4) is 0 Å². The van der Waals surface area contributed by atoms with Crippen LogP contribution in [0.4, 0.5) is 0 Å². The lowest BCUT2D eigenvalue weighted by Crippen LogP contribution is -2.45. The molecule has 0 saturated heterocycles. The lowest BCUT2D eigenvalue weighted by molar-refractivity contribution is 0.133. The first-order valence-electron chi connectivity index (χ1n) is 7.38. The Balaban J connectivity index is 2.12. The van der Waals surface area contributed by atoms with E-state index in [4.69, 9.17) is 4.74 Å². The Morgan fingerprint density at radius 2 is 2.12 bits per heavy atom. The second-order valence-electron chi connectivity index (χ2n) is 5.55. The first-order valence-corrected chi connectivity index (χ1v) is 7.38. The fourth-order valence-electron chi connectivity index (χ4n) is 3.47. The van der Waals surface area contributed by atoms with Crippen LogP contribution < -0.4 is 5.32 Å². The van der Waals surface area contributed by atoms with E-state index in [1.165, 1.54) is 44.3 Å². The minimum Gasteiger partial charge on any atom is -0.496 e. The highest BCUT2D eigenvalue weighted by Crippen LogP contribution is 2.46. The van der Waals surface area contributed by atoms with Crippen LogP contribution in [0.2, 0.25) is 0 Å². The molecule has 1 fully saturated rings. The van der Waals surface area contributed by atoms with E-state index in [-0.39, 0.29) is 0 Å². The molecule has 2 nitrogen and oxygen atoms in total. The van der Waals surface area contributed by atoms with Crippen LogP contribution in [0.5, 0.6) is 0 Å². The molecule has 0 radical (unpaired) electrons. The largest absolute Gasteiger partial charge is 0.496 e. The van der Waals surface area contributed by atoms with Crippen LogP contribution in [0.15, 0.2) is 11.8 Å². The van der Waals surface area contributed by atoms with Crippen molar-refractivity contribution in [3.05, 3.63) is 11.8 Å². The lowest BCUT2D eigenvalue weighted by Gasteiger charge is -2.38. The second kappa shape index (κ2) is 5.90. The van der Waals surface area contributed by atoms with Gasteiger partial charge in [0.05, 0.1) is 12.6 Å². The van der Waals surface area contributed by atoms with Crippen molar-refractivity contribution in [1.29, 1.82) is 0 Å². The predicted molar refractivity (Wildman–Crippen MR) is 71.9 cm³/mol. The van der Waals surface area contributed by atoms with Crippen LogP contribution in [0, 0.1) is 5.41 Å². The summed E-state index contributed by atoms with van der Waals surface area (Å²) in [6.45, 7) is 6.58. The molecular formula is C15H27NO. The van der Waals surface area contributed by atoms with Crippen molar-refractivity contribution in [2.45, 2.75) is 64.8 Å². The van der Waals surface area contributed by atoms with Crippen LogP contribution in [0.3, 0.4) is 0 Å². The molecule has 1 N–H and O–H groups in total. The SMILES string of the molecule is CCCNC(C1=CCCO1)C1(CC)CCCC1. The van der Waals surface area contributed by atoms with Crippen molar-refractivity contribution >= 4 is 0 Å². The van der Waals surface area contributed by atoms with Gasteiger partial charge < -0.3 is 10.1 Å². The molecule has 1 aliphatic carbocycles. The van der Waals surface area contributed by atoms with Crippen molar-refractivity contribution in [2.24, 2.45) is 5.41 Å². The summed E-state index contributed by atoms with van der Waals surface area (Å²) in [7, 11) is 0. The van der Waals surface area contributed by atoms with Gasteiger partial charge in [-0.1, -0.05) is 26.7 Å². The highest BCUT2D eigenvalue weighted by Gasteiger charge is 2.42. The summed E-state index contributed by atoms with van der Waals surface area (Å²) < 4.78 is 5.85. The van der Waals surface area contributed by atoms with E-state index in [9.17, 15) is 0 Å². The van der Waals surface area contributed by atoms with Gasteiger partial charge in [0.25, 0.3) is 0 Å². The number of nitrogens with one attached hydrogen (secondary N) is 1. The molecule has 0 aromatic rings. The van der Waals surface area contributed by atoms with E-state index >= 15 is 0 Å². The second-order valence-corrected chi connectivity index (χ2v) is 5.55. The van der Waals surface area contributed by atoms with Crippen molar-refractivity contribution < 1.29 is 4.74 Å². The Kier molecular flexibility index (Phi) is 4.49. The predicted octanol–water partition coefficient (Wildman–Crippen LogP) is 3.63. The third-order valence-electron chi connectivity index (χ3n) is 4.53. The first kappa shape index (κ1) is 12.9. The van der Waals surface area contributed by atoms with Crippen molar-refractivity contribution in [2.75, 3.05) is 13.2 Å². The summed E-state index contributed by atoms with van der Waals surface area (Å²) in [5, 5.41) is 3.75. The van der Waals surface area contributed by atoms with Gasteiger partial charge in [0, 0.05) is 6.42 Å². The third-order valence-corrected chi connectivity index (χ3v) is 4.53. The van der Waals surface area contributed by atoms with Crippen LogP contribution >= 0.6 is 0 Å². The highest BCUT2D eigenvalue weighted by atomic mass is 16.5. The molecule has 1 aliphatic heterocycles. The Hall–Kier alpha value is -0.500. The molecule has 0 bridgehead atoms. The molecule has 0 aromatic carbocycles. The topological polar surface area (TPSA) is 21.3 Å². The molecule has 2 rings (SSSR count). The van der Waals surface area contributed by atoms with Gasteiger partial charge in [0.2, 0.25) is 0 Å². The Morgan fingerprint density at radius 3 is 2.65 bits per heavy atom. The van der Waals surface area contributed by atoms with E-state index in [2.05, 4.69) is 25.2 Å². The summed E-state index contributed by atoms with van der Waals surface area (Å²) in [4.78, 5) is 0. The van der Waals surface area contributed by atoms with E-state index in [0.29, 0.717) is 11.5 Å². The van der Waals surface area contributed by atoms with Crippen LogP contribution in [-0.4, -0.2) is 19.2 Å². The van der Waals surface area contributed by atoms with Crippen LogP contribution in [-0.2, 0) is 4.74 Å². The van der Waals surface area contributed by atoms with E-state index in [1.807, 2.05) is 0 Å². The molecular weight excluding hydrogens is 210 g/mol. The molecule has 1 saturated carbocycles. The zero-order valence-corrected chi connectivity index (χ0v) is 11.4. The monoisotopic (exact) mass is 237 g/mol. The van der Waals surface area contributed by atoms with Gasteiger partial charge in [0.1, 0.15) is 5.76 Å². The van der Waals surface area contributed by atoms with E-state index < -0.39 is 0 Å². The molecule has 2 aliphatic rings. The fraction of sp³-hybridized carbons (Fsp3) is 0.867. The summed E-state index contributed by atoms with van der Waals surface area (Å²) in [5.74, 6) is 1.24. The molecule has 1 atom stereocenters. The number of hydrogen-bond acceptors (Lipinski definition) is 2. The van der Waals surface area contributed by atoms with Crippen molar-refractivity contribution in [3.63, 3.8) is 0 Å². The zero-order valence-electron chi connectivity index (χ0n) is 11.4. The van der Waals surface area contributed by atoms with Gasteiger partial charge in [-0.25, -0.2) is 0 Å². The summed E-state index contributed by atoms with van der Waals surface area (Å²) >= 11 is 0. The van der Waals surface area contributed by atoms with Gasteiger partial charge in [0.15, 0.2) is 0 Å². The molecule has 0 spiro atoms. The maximum absolute atomic E-state index is 5.85. The standard InChI is InChI=1S/C15H27NO/c1-3-11-16-14(13-8-7-12-17-13)15(4-2)9-5-6-10-15/h8,14,16H,3-7,9-12H2,1-2H3. The van der Waals surface area contributed by atoms with E-state index in [1.54, 1.807) is 0 Å². The Morgan fingerprint density at radius 1 is 1.35 bits per heavy atom. The Labute approximate surface area is 106 Å². The number of rotatable bonds is 6. The molecule has 0 amide bonds. The van der Waals surface area contributed by atoms with Gasteiger partial charge in [-0.15, -0.1) is 0 Å². The quantitative estimate of drug-likeness (QED) is 0.761. The van der Waals surface area contributed by atoms with Crippen molar-refractivity contribution in [1.82, 2.24) is 5.32 Å². The summed E-state index contributed by atoms with van der Waals surface area (Å²) in [5.41, 5.74) is 0.464.